The van der Waals surface area contributed by atoms with E-state index in [2.05, 4.69) is 35.8 Å². The molecule has 2 rings (SSSR count). The lowest BCUT2D eigenvalue weighted by atomic mass is 9.87. The Morgan fingerprint density at radius 1 is 0.732 bits per heavy atom. The van der Waals surface area contributed by atoms with Crippen molar-refractivity contribution >= 4 is 41.9 Å². The van der Waals surface area contributed by atoms with Crippen molar-refractivity contribution in [1.29, 1.82) is 0 Å². The normalized spacial score (nSPS) is 17.2. The average Bonchev–Trinajstić information content (AvgIpc) is 3.16. The molecule has 1 aromatic rings. The van der Waals surface area contributed by atoms with Crippen molar-refractivity contribution < 1.29 is 57.3 Å². The van der Waals surface area contributed by atoms with E-state index < -0.39 is 30.3 Å². The van der Waals surface area contributed by atoms with Gasteiger partial charge in [-0.1, -0.05) is 24.3 Å². The summed E-state index contributed by atoms with van der Waals surface area (Å²) in [5.41, 5.74) is 1.61. The molecule has 1 aliphatic carbocycles. The number of nitrogens with two attached hydrogens (primary N) is 3. The first-order chi connectivity index (χ1) is 26.9. The van der Waals surface area contributed by atoms with E-state index in [-0.39, 0.29) is 117 Å². The first-order valence-corrected chi connectivity index (χ1v) is 21.6. The van der Waals surface area contributed by atoms with Crippen LogP contribution in [0.25, 0.3) is 0 Å². The van der Waals surface area contributed by atoms with E-state index in [1.54, 1.807) is 0 Å². The molecular formula is C34H61N8O12PS. The fourth-order valence-electron chi connectivity index (χ4n) is 5.72. The molecule has 0 heterocycles. The maximum absolute atomic E-state index is 13.8. The van der Waals surface area contributed by atoms with Gasteiger partial charge in [-0.25, -0.2) is 17.7 Å². The minimum Gasteiger partial charge on any atom is -0.377 e. The van der Waals surface area contributed by atoms with Gasteiger partial charge < -0.3 is 59.4 Å². The molecule has 4 amide bonds. The van der Waals surface area contributed by atoms with Crippen LogP contribution in [-0.4, -0.2) is 144 Å². The molecule has 1 aliphatic rings. The lowest BCUT2D eigenvalue weighted by Gasteiger charge is -2.30. The zero-order valence-electron chi connectivity index (χ0n) is 32.2. The van der Waals surface area contributed by atoms with E-state index in [1.165, 1.54) is 11.6 Å². The molecule has 1 fully saturated rings. The summed E-state index contributed by atoms with van der Waals surface area (Å²) in [4.78, 5) is 77.8. The van der Waals surface area contributed by atoms with Crippen LogP contribution in [0, 0.1) is 5.92 Å². The van der Waals surface area contributed by atoms with Gasteiger partial charge in [0.25, 0.3) is 0 Å². The third kappa shape index (κ3) is 22.9. The maximum atomic E-state index is 13.8. The van der Waals surface area contributed by atoms with Gasteiger partial charge in [-0.3, -0.25) is 24.1 Å². The Morgan fingerprint density at radius 3 is 1.66 bits per heavy atom. The summed E-state index contributed by atoms with van der Waals surface area (Å²) in [5, 5.41) is 11.3. The number of carbonyl (C=O) groups excluding carboxylic acids is 4. The largest absolute Gasteiger partial charge is 0.377 e. The Bertz CT molecular complexity index is 1290. The van der Waals surface area contributed by atoms with E-state index in [0.717, 1.165) is 11.1 Å². The Morgan fingerprint density at radius 2 is 1.20 bits per heavy atom. The predicted octanol–water partition coefficient (Wildman–Crippen LogP) is -1.91. The van der Waals surface area contributed by atoms with Crippen LogP contribution >= 0.6 is 6.49 Å². The van der Waals surface area contributed by atoms with Crippen molar-refractivity contribution in [3.8, 4) is 0 Å². The highest BCUT2D eigenvalue weighted by Crippen LogP contribution is 2.42. The molecule has 56 heavy (non-hydrogen) atoms. The first-order valence-electron chi connectivity index (χ1n) is 18.5. The number of rotatable bonds is 31. The fourth-order valence-corrected chi connectivity index (χ4v) is 6.85. The van der Waals surface area contributed by atoms with E-state index in [1.807, 2.05) is 24.3 Å². The highest BCUT2D eigenvalue weighted by Gasteiger charge is 2.30. The molecule has 2 atom stereocenters. The summed E-state index contributed by atoms with van der Waals surface area (Å²) in [7, 11) is 0. The fraction of sp³-hybridized carbons (Fsp3) is 0.706. The quantitative estimate of drug-likeness (QED) is 0.0230. The zero-order chi connectivity index (χ0) is 41.0. The topological polar surface area (TPSA) is 283 Å². The van der Waals surface area contributed by atoms with Crippen LogP contribution in [0.2, 0.25) is 0 Å². The Balaban J connectivity index is 2.13. The monoisotopic (exact) mass is 836 g/mol. The molecule has 0 aliphatic heterocycles. The molecule has 0 bridgehead atoms. The summed E-state index contributed by atoms with van der Waals surface area (Å²) >= 11 is 5.00. The van der Waals surface area contributed by atoms with Gasteiger partial charge in [0.2, 0.25) is 23.6 Å². The molecule has 22 heteroatoms. The number of hydrogen-bond donors (Lipinski definition) is 8. The maximum Gasteiger partial charge on any atom is 0.237 e. The Labute approximate surface area is 333 Å². The first kappa shape index (κ1) is 49.4. The van der Waals surface area contributed by atoms with Gasteiger partial charge >= 0.3 is 0 Å². The van der Waals surface area contributed by atoms with Gasteiger partial charge in [0.05, 0.1) is 84.7 Å². The van der Waals surface area contributed by atoms with Crippen molar-refractivity contribution in [1.82, 2.24) is 26.2 Å². The second-order valence-electron chi connectivity index (χ2n) is 13.0. The highest BCUT2D eigenvalue weighted by molar-refractivity contribution is 8.09. The van der Waals surface area contributed by atoms with Gasteiger partial charge in [0, 0.05) is 38.8 Å². The number of nitrogens with one attached hydrogen (secondary N) is 4. The van der Waals surface area contributed by atoms with E-state index in [9.17, 15) is 24.1 Å². The van der Waals surface area contributed by atoms with Crippen LogP contribution in [0.1, 0.15) is 36.8 Å². The molecule has 0 aromatic heterocycles. The van der Waals surface area contributed by atoms with Crippen LogP contribution in [0.15, 0.2) is 24.3 Å². The molecular weight excluding hydrogens is 775 g/mol. The van der Waals surface area contributed by atoms with Crippen molar-refractivity contribution in [2.75, 3.05) is 98.9 Å². The number of carbonyl (C=O) groups is 4. The van der Waals surface area contributed by atoms with Crippen molar-refractivity contribution in [2.45, 2.75) is 50.8 Å². The summed E-state index contributed by atoms with van der Waals surface area (Å²) in [6.07, 6.45) is 2.62. The minimum atomic E-state index is -2.76. The molecule has 0 spiro atoms. The molecule has 1 saturated carbocycles. The molecule has 1 aromatic carbocycles. The number of ether oxygens (including phenoxy) is 3. The molecule has 1 unspecified atom stereocenters. The zero-order valence-corrected chi connectivity index (χ0v) is 33.9. The standard InChI is InChI=1S/C34H61N8O12PS/c1-55(47,56)54-29-8-6-28(7-9-29)33(45)41-23-27-4-2-26(3-5-27)22-30(34(46)40-12-15-50-18-21-53-37)42(24-31(43)38-10-13-48-16-19-51-35)25-32(44)39-11-14-49-17-20-52-36/h2-5,28-30H,6-25,35-37H2,1H3,(H,38,43)(H,39,44)(H,40,46)(H,41,45)(H,47,56)/t28?,29?,30-,55?/m0/s1. The second kappa shape index (κ2) is 29.5. The molecule has 0 radical (unpaired) electrons. The van der Waals surface area contributed by atoms with Crippen molar-refractivity contribution in [3.63, 3.8) is 0 Å². The number of benzene rings is 1. The molecule has 0 saturated heterocycles. The number of amides is 4. The summed E-state index contributed by atoms with van der Waals surface area (Å²) < 4.78 is 21.7. The van der Waals surface area contributed by atoms with Crippen LogP contribution in [0.3, 0.4) is 0 Å². The SMILES string of the molecule is CP(O)(=S)OC1CCC(C(=O)NCc2ccc(C[C@@H](C(=O)NCCOCCON)N(CC(=O)NCCOCCON)CC(=O)NCCOCCON)cc2)CC1. The lowest BCUT2D eigenvalue weighted by Crippen LogP contribution is -2.54. The third-order valence-electron chi connectivity index (χ3n) is 8.46. The predicted molar refractivity (Wildman–Crippen MR) is 209 cm³/mol. The number of nitrogens with zero attached hydrogens (tertiary/aromatic N) is 1. The van der Waals surface area contributed by atoms with E-state index in [0.29, 0.717) is 32.2 Å². The minimum absolute atomic E-state index is 0.0526. The van der Waals surface area contributed by atoms with E-state index in [4.69, 9.17) is 48.2 Å². The van der Waals surface area contributed by atoms with Crippen molar-refractivity contribution in [2.24, 2.45) is 23.6 Å². The Kier molecular flexibility index (Phi) is 26.0. The summed E-state index contributed by atoms with van der Waals surface area (Å²) in [6.45, 7) is 0.926. The van der Waals surface area contributed by atoms with Crippen LogP contribution in [-0.2, 0) is 77.2 Å². The van der Waals surface area contributed by atoms with Crippen LogP contribution < -0.4 is 39.0 Å². The summed E-state index contributed by atoms with van der Waals surface area (Å²) in [5.74, 6) is 13.6. The van der Waals surface area contributed by atoms with Gasteiger partial charge in [0.1, 0.15) is 0 Å². The molecule has 320 valence electrons. The van der Waals surface area contributed by atoms with Crippen LogP contribution in [0.5, 0.6) is 0 Å². The highest BCUT2D eigenvalue weighted by atomic mass is 32.5. The van der Waals surface area contributed by atoms with E-state index >= 15 is 0 Å². The summed E-state index contributed by atoms with van der Waals surface area (Å²) in [6, 6.07) is 6.44. The van der Waals surface area contributed by atoms with Gasteiger partial charge in [-0.15, -0.1) is 0 Å². The molecule has 11 N–H and O–H groups in total. The average molecular weight is 837 g/mol. The van der Waals surface area contributed by atoms with Gasteiger partial charge in [0.15, 0.2) is 6.49 Å². The smallest absolute Gasteiger partial charge is 0.237 e. The number of hydrogen-bond acceptors (Lipinski definition) is 16. The van der Waals surface area contributed by atoms with Gasteiger partial charge in [-0.05, 0) is 55.0 Å². The van der Waals surface area contributed by atoms with Gasteiger partial charge in [-0.2, -0.15) is 0 Å². The molecule has 20 nitrogen and oxygen atoms in total. The third-order valence-corrected chi connectivity index (χ3v) is 9.41. The lowest BCUT2D eigenvalue weighted by molar-refractivity contribution is -0.132. The Hall–Kier alpha value is -2.73. The van der Waals surface area contributed by atoms with Crippen molar-refractivity contribution in [3.05, 3.63) is 35.4 Å². The second-order valence-corrected chi connectivity index (χ2v) is 16.8. The van der Waals surface area contributed by atoms with Crippen LogP contribution in [0.4, 0.5) is 0 Å².